The number of fused-ring (bicyclic) bond motifs is 1. The minimum absolute atomic E-state index is 0.0101. The summed E-state index contributed by atoms with van der Waals surface area (Å²) in [5, 5.41) is 3.78. The third-order valence-corrected chi connectivity index (χ3v) is 5.55. The lowest BCUT2D eigenvalue weighted by Gasteiger charge is -2.19. The summed E-state index contributed by atoms with van der Waals surface area (Å²) in [6, 6.07) is 14.4. The number of hydrogen-bond acceptors (Lipinski definition) is 3. The van der Waals surface area contributed by atoms with Crippen molar-refractivity contribution in [2.45, 2.75) is 31.7 Å². The lowest BCUT2D eigenvalue weighted by molar-refractivity contribution is -0.122. The maximum atomic E-state index is 12.5. The van der Waals surface area contributed by atoms with Crippen molar-refractivity contribution in [1.82, 2.24) is 10.2 Å². The van der Waals surface area contributed by atoms with Crippen molar-refractivity contribution >= 4 is 29.3 Å². The number of carbonyl (C=O) groups excluding carboxylic acids is 3. The lowest BCUT2D eigenvalue weighted by atomic mass is 10.0. The Hall–Kier alpha value is -2.66. The Bertz CT molecular complexity index is 887. The van der Waals surface area contributed by atoms with Crippen molar-refractivity contribution < 1.29 is 14.4 Å². The van der Waals surface area contributed by atoms with Gasteiger partial charge < -0.3 is 5.32 Å². The predicted molar refractivity (Wildman–Crippen MR) is 106 cm³/mol. The normalized spacial score (nSPS) is 16.8. The molecule has 1 N–H and O–H groups in total. The van der Waals surface area contributed by atoms with E-state index < -0.39 is 0 Å². The Kier molecular flexibility index (Phi) is 5.18. The minimum Gasteiger partial charge on any atom is -0.349 e. The molecule has 4 rings (SSSR count). The van der Waals surface area contributed by atoms with Gasteiger partial charge in [-0.25, -0.2) is 0 Å². The van der Waals surface area contributed by atoms with Crippen molar-refractivity contribution in [2.24, 2.45) is 5.92 Å². The standard InChI is InChI=1S/C22H21ClN2O3/c23-16-11-9-15(10-12-16)20(14-7-8-14)24-19(26)6-3-13-25-21(27)17-4-1-2-5-18(17)22(25)28/h1-2,4-5,9-12,14,20H,3,6-8,13H2,(H,24,26). The summed E-state index contributed by atoms with van der Waals surface area (Å²) in [7, 11) is 0. The second-order valence-corrected chi connectivity index (χ2v) is 7.78. The summed E-state index contributed by atoms with van der Waals surface area (Å²) in [5.41, 5.74) is 1.93. The first kappa shape index (κ1) is 18.7. The summed E-state index contributed by atoms with van der Waals surface area (Å²) in [6.45, 7) is 0.245. The average Bonchev–Trinajstić information content (AvgIpc) is 3.51. The fourth-order valence-corrected chi connectivity index (χ4v) is 3.78. The highest BCUT2D eigenvalue weighted by Gasteiger charge is 2.35. The number of imide groups is 1. The van der Waals surface area contributed by atoms with Crippen LogP contribution in [0.2, 0.25) is 5.02 Å². The van der Waals surface area contributed by atoms with E-state index in [2.05, 4.69) is 5.32 Å². The molecule has 1 fully saturated rings. The molecule has 5 nitrogen and oxygen atoms in total. The SMILES string of the molecule is O=C(CCCN1C(=O)c2ccccc2C1=O)NC(c1ccc(Cl)cc1)C1CC1. The van der Waals surface area contributed by atoms with Crippen molar-refractivity contribution in [2.75, 3.05) is 6.54 Å². The average molecular weight is 397 g/mol. The smallest absolute Gasteiger partial charge is 0.261 e. The van der Waals surface area contributed by atoms with Crippen LogP contribution in [0, 0.1) is 5.92 Å². The molecule has 0 spiro atoms. The number of amides is 3. The Labute approximate surface area is 168 Å². The van der Waals surface area contributed by atoms with Crippen molar-refractivity contribution in [3.63, 3.8) is 0 Å². The van der Waals surface area contributed by atoms with Gasteiger partial charge in [0.15, 0.2) is 0 Å². The fourth-order valence-electron chi connectivity index (χ4n) is 3.66. The Morgan fingerprint density at radius 2 is 1.64 bits per heavy atom. The van der Waals surface area contributed by atoms with E-state index in [0.29, 0.717) is 28.5 Å². The number of nitrogens with one attached hydrogen (secondary N) is 1. The molecule has 0 saturated heterocycles. The van der Waals surface area contributed by atoms with Crippen molar-refractivity contribution in [3.05, 3.63) is 70.2 Å². The van der Waals surface area contributed by atoms with Crippen LogP contribution in [-0.2, 0) is 4.79 Å². The van der Waals surface area contributed by atoms with Crippen LogP contribution in [0.1, 0.15) is 58.0 Å². The van der Waals surface area contributed by atoms with Crippen molar-refractivity contribution in [3.8, 4) is 0 Å². The Morgan fingerprint density at radius 1 is 1.04 bits per heavy atom. The zero-order valence-electron chi connectivity index (χ0n) is 15.4. The van der Waals surface area contributed by atoms with E-state index in [1.807, 2.05) is 24.3 Å². The van der Waals surface area contributed by atoms with Crippen LogP contribution in [0.4, 0.5) is 0 Å². The highest BCUT2D eigenvalue weighted by molar-refractivity contribution is 6.30. The number of nitrogens with zero attached hydrogens (tertiary/aromatic N) is 1. The first-order valence-electron chi connectivity index (χ1n) is 9.54. The van der Waals surface area contributed by atoms with Gasteiger partial charge in [-0.1, -0.05) is 35.9 Å². The van der Waals surface area contributed by atoms with Gasteiger partial charge >= 0.3 is 0 Å². The van der Waals surface area contributed by atoms with Gasteiger partial charge in [0, 0.05) is 18.0 Å². The molecule has 2 aliphatic rings. The van der Waals surface area contributed by atoms with Gasteiger partial charge in [-0.15, -0.1) is 0 Å². The summed E-state index contributed by atoms with van der Waals surface area (Å²) in [4.78, 5) is 38.4. The second-order valence-electron chi connectivity index (χ2n) is 7.35. The fraction of sp³-hybridized carbons (Fsp3) is 0.318. The molecular weight excluding hydrogens is 376 g/mol. The first-order valence-corrected chi connectivity index (χ1v) is 9.92. The van der Waals surface area contributed by atoms with E-state index in [-0.39, 0.29) is 36.7 Å². The van der Waals surface area contributed by atoms with Gasteiger partial charge in [0.25, 0.3) is 11.8 Å². The van der Waals surface area contributed by atoms with E-state index in [0.717, 1.165) is 18.4 Å². The van der Waals surface area contributed by atoms with Crippen LogP contribution in [0.5, 0.6) is 0 Å². The second kappa shape index (κ2) is 7.76. The van der Waals surface area contributed by atoms with E-state index in [4.69, 9.17) is 11.6 Å². The molecule has 0 bridgehead atoms. The molecule has 1 aliphatic carbocycles. The summed E-state index contributed by atoms with van der Waals surface area (Å²) in [6.07, 6.45) is 2.91. The first-order chi connectivity index (χ1) is 13.5. The molecule has 144 valence electrons. The summed E-state index contributed by atoms with van der Waals surface area (Å²) in [5.74, 6) is -0.166. The van der Waals surface area contributed by atoms with Gasteiger partial charge in [0.1, 0.15) is 0 Å². The monoisotopic (exact) mass is 396 g/mol. The van der Waals surface area contributed by atoms with Gasteiger partial charge in [-0.2, -0.15) is 0 Å². The van der Waals surface area contributed by atoms with Gasteiger partial charge in [0.05, 0.1) is 17.2 Å². The molecule has 2 aromatic rings. The third kappa shape index (κ3) is 3.80. The molecule has 0 aromatic heterocycles. The zero-order chi connectivity index (χ0) is 19.7. The molecular formula is C22H21ClN2O3. The van der Waals surface area contributed by atoms with Gasteiger partial charge in [-0.05, 0) is 55.0 Å². The molecule has 0 radical (unpaired) electrons. The van der Waals surface area contributed by atoms with Crippen molar-refractivity contribution in [1.29, 1.82) is 0 Å². The highest BCUT2D eigenvalue weighted by atomic mass is 35.5. The van der Waals surface area contributed by atoms with Crippen LogP contribution < -0.4 is 5.32 Å². The number of halogens is 1. The maximum absolute atomic E-state index is 12.5. The molecule has 28 heavy (non-hydrogen) atoms. The molecule has 1 aliphatic heterocycles. The lowest BCUT2D eigenvalue weighted by Crippen LogP contribution is -2.33. The maximum Gasteiger partial charge on any atom is 0.261 e. The van der Waals surface area contributed by atoms with Crippen LogP contribution in [0.15, 0.2) is 48.5 Å². The number of benzene rings is 2. The topological polar surface area (TPSA) is 66.5 Å². The largest absolute Gasteiger partial charge is 0.349 e. The van der Waals surface area contributed by atoms with E-state index in [1.54, 1.807) is 24.3 Å². The Morgan fingerprint density at radius 3 is 2.21 bits per heavy atom. The third-order valence-electron chi connectivity index (χ3n) is 5.30. The molecule has 1 heterocycles. The summed E-state index contributed by atoms with van der Waals surface area (Å²) < 4.78 is 0. The molecule has 2 aromatic carbocycles. The molecule has 6 heteroatoms. The quantitative estimate of drug-likeness (QED) is 0.720. The number of carbonyl (C=O) groups is 3. The minimum atomic E-state index is -0.280. The van der Waals surface area contributed by atoms with E-state index in [1.165, 1.54) is 4.90 Å². The van der Waals surface area contributed by atoms with Crippen LogP contribution in [0.25, 0.3) is 0 Å². The van der Waals surface area contributed by atoms with E-state index in [9.17, 15) is 14.4 Å². The summed E-state index contributed by atoms with van der Waals surface area (Å²) >= 11 is 5.96. The van der Waals surface area contributed by atoms with E-state index >= 15 is 0 Å². The van der Waals surface area contributed by atoms with Crippen LogP contribution in [0.3, 0.4) is 0 Å². The molecule has 1 atom stereocenters. The van der Waals surface area contributed by atoms with Crippen LogP contribution in [-0.4, -0.2) is 29.2 Å². The molecule has 1 unspecified atom stereocenters. The number of rotatable bonds is 7. The Balaban J connectivity index is 1.32. The van der Waals surface area contributed by atoms with Gasteiger partial charge in [-0.3, -0.25) is 19.3 Å². The molecule has 3 amide bonds. The zero-order valence-corrected chi connectivity index (χ0v) is 16.1. The van der Waals surface area contributed by atoms with Crippen LogP contribution >= 0.6 is 11.6 Å². The predicted octanol–water partition coefficient (Wildman–Crippen LogP) is 3.98. The highest BCUT2D eigenvalue weighted by Crippen LogP contribution is 2.41. The van der Waals surface area contributed by atoms with Gasteiger partial charge in [0.2, 0.25) is 5.91 Å². The number of hydrogen-bond donors (Lipinski definition) is 1. The molecule has 1 saturated carbocycles.